The first kappa shape index (κ1) is 25.2. The largest absolute Gasteiger partial charge is 0.361 e. The van der Waals surface area contributed by atoms with Crippen LogP contribution in [0.1, 0.15) is 30.5 Å². The fourth-order valence-corrected chi connectivity index (χ4v) is 7.05. The lowest BCUT2D eigenvalue weighted by Gasteiger charge is -2.29. The van der Waals surface area contributed by atoms with Gasteiger partial charge in [0.15, 0.2) is 0 Å². The summed E-state index contributed by atoms with van der Waals surface area (Å²) in [4.78, 5) is 58.5. The Morgan fingerprint density at radius 3 is 2.49 bits per heavy atom. The highest BCUT2D eigenvalue weighted by Gasteiger charge is 2.70. The highest BCUT2D eigenvalue weighted by molar-refractivity contribution is 6.26. The molecule has 2 fully saturated rings. The number of amides is 4. The van der Waals surface area contributed by atoms with E-state index in [9.17, 15) is 19.2 Å². The van der Waals surface area contributed by atoms with E-state index in [1.54, 1.807) is 24.3 Å². The number of H-pyrrole nitrogens is 1. The Morgan fingerprint density at radius 2 is 1.73 bits per heavy atom. The molecule has 1 aromatic heterocycles. The summed E-state index contributed by atoms with van der Waals surface area (Å²) in [6.07, 6.45) is 3.10. The zero-order chi connectivity index (χ0) is 28.5. The third-order valence-corrected chi connectivity index (χ3v) is 8.78. The minimum absolute atomic E-state index is 0.217. The Labute approximate surface area is 236 Å². The summed E-state index contributed by atoms with van der Waals surface area (Å²) in [7, 11) is 0. The number of aromatic nitrogens is 1. The van der Waals surface area contributed by atoms with Crippen molar-refractivity contribution < 1.29 is 19.2 Å². The molecule has 3 aliphatic rings. The molecule has 2 saturated heterocycles. The van der Waals surface area contributed by atoms with Gasteiger partial charge in [-0.2, -0.15) is 0 Å². The Balaban J connectivity index is 1.34. The summed E-state index contributed by atoms with van der Waals surface area (Å²) >= 11 is 0. The fourth-order valence-electron chi connectivity index (χ4n) is 7.05. The van der Waals surface area contributed by atoms with Crippen LogP contribution in [0, 0.1) is 11.8 Å². The van der Waals surface area contributed by atoms with Crippen LogP contribution in [0.4, 0.5) is 17.1 Å². The van der Waals surface area contributed by atoms with E-state index in [1.165, 1.54) is 11.8 Å². The van der Waals surface area contributed by atoms with E-state index in [2.05, 4.69) is 20.9 Å². The molecular weight excluding hydrogens is 518 g/mol. The highest BCUT2D eigenvalue weighted by atomic mass is 16.2. The number of anilines is 3. The average Bonchev–Trinajstić information content (AvgIpc) is 3.67. The van der Waals surface area contributed by atoms with E-state index in [1.807, 2.05) is 55.6 Å². The van der Waals surface area contributed by atoms with Gasteiger partial charge >= 0.3 is 0 Å². The van der Waals surface area contributed by atoms with Gasteiger partial charge in [-0.3, -0.25) is 24.5 Å². The molecule has 0 bridgehead atoms. The van der Waals surface area contributed by atoms with Gasteiger partial charge in [-0.25, -0.2) is 4.90 Å². The SMILES string of the molecule is CCc1cccc2c1NC(=O)[C@@]21N[C@H](Cc2c[nH]c3ccccc23)[C@@H]2C(=O)N(c3ccc(NC(C)=O)cc3)C(=O)[C@H]21. The summed E-state index contributed by atoms with van der Waals surface area (Å²) in [6, 6.07) is 19.9. The molecule has 3 aromatic carbocycles. The minimum atomic E-state index is -1.38. The maximum absolute atomic E-state index is 14.3. The van der Waals surface area contributed by atoms with Crippen molar-refractivity contribution in [3.63, 3.8) is 0 Å². The second-order valence-corrected chi connectivity index (χ2v) is 11.0. The summed E-state index contributed by atoms with van der Waals surface area (Å²) in [5.74, 6) is -2.96. The van der Waals surface area contributed by atoms with Gasteiger partial charge in [0.2, 0.25) is 23.6 Å². The van der Waals surface area contributed by atoms with Gasteiger partial charge in [0.25, 0.3) is 0 Å². The minimum Gasteiger partial charge on any atom is -0.361 e. The molecule has 206 valence electrons. The number of fused-ring (bicyclic) bond motifs is 5. The lowest BCUT2D eigenvalue weighted by Crippen LogP contribution is -2.53. The number of aryl methyl sites for hydroxylation is 1. The van der Waals surface area contributed by atoms with Crippen LogP contribution in [0.25, 0.3) is 10.9 Å². The van der Waals surface area contributed by atoms with Gasteiger partial charge in [-0.05, 0) is 54.3 Å². The van der Waals surface area contributed by atoms with Gasteiger partial charge in [0.1, 0.15) is 5.54 Å². The highest BCUT2D eigenvalue weighted by Crippen LogP contribution is 2.54. The van der Waals surface area contributed by atoms with Crippen LogP contribution in [-0.2, 0) is 37.6 Å². The Bertz CT molecular complexity index is 1760. The fraction of sp³-hybridized carbons (Fsp3) is 0.250. The van der Waals surface area contributed by atoms with Crippen LogP contribution >= 0.6 is 0 Å². The van der Waals surface area contributed by atoms with Crippen molar-refractivity contribution in [1.29, 1.82) is 0 Å². The van der Waals surface area contributed by atoms with Crippen molar-refractivity contribution in [1.82, 2.24) is 10.3 Å². The maximum Gasteiger partial charge on any atom is 0.250 e. The molecule has 4 heterocycles. The van der Waals surface area contributed by atoms with Gasteiger partial charge in [-0.1, -0.05) is 43.3 Å². The van der Waals surface area contributed by atoms with Crippen molar-refractivity contribution in [3.8, 4) is 0 Å². The van der Waals surface area contributed by atoms with Crippen LogP contribution in [-0.4, -0.2) is 34.7 Å². The average molecular weight is 548 g/mol. The number of para-hydroxylation sites is 2. The van der Waals surface area contributed by atoms with Crippen molar-refractivity contribution in [3.05, 3.63) is 89.6 Å². The van der Waals surface area contributed by atoms with Gasteiger partial charge in [0, 0.05) is 47.0 Å². The standard InChI is InChI=1S/C32H29N5O4/c1-3-18-7-6-9-23-28(18)35-31(41)32(23)27-26(25(36-32)15-19-16-33-24-10-5-4-8-22(19)24)29(39)37(30(27)40)21-13-11-20(12-14-21)34-17(2)38/h4-14,16,25-27,33,36H,3,15H2,1-2H3,(H,34,38)(H,35,41)/t25-,26+,27+,32-/m1/s1. The maximum atomic E-state index is 14.3. The monoisotopic (exact) mass is 547 g/mol. The number of carbonyl (C=O) groups excluding carboxylic acids is 4. The number of hydrogen-bond acceptors (Lipinski definition) is 5. The van der Waals surface area contributed by atoms with Crippen molar-refractivity contribution in [2.45, 2.75) is 38.3 Å². The molecule has 7 rings (SSSR count). The first-order chi connectivity index (χ1) is 19.8. The van der Waals surface area contributed by atoms with E-state index in [-0.39, 0.29) is 17.7 Å². The molecule has 1 spiro atoms. The van der Waals surface area contributed by atoms with E-state index in [4.69, 9.17) is 0 Å². The van der Waals surface area contributed by atoms with E-state index < -0.39 is 29.3 Å². The third kappa shape index (κ3) is 3.58. The molecule has 0 unspecified atom stereocenters. The number of hydrogen-bond donors (Lipinski definition) is 4. The zero-order valence-corrected chi connectivity index (χ0v) is 22.7. The van der Waals surface area contributed by atoms with Crippen LogP contribution < -0.4 is 20.9 Å². The van der Waals surface area contributed by atoms with Crippen LogP contribution in [0.2, 0.25) is 0 Å². The number of nitrogens with one attached hydrogen (secondary N) is 4. The number of nitrogens with zero attached hydrogens (tertiary/aromatic N) is 1. The Hall–Kier alpha value is -4.76. The second kappa shape index (κ2) is 9.14. The lowest BCUT2D eigenvalue weighted by molar-refractivity contribution is -0.130. The van der Waals surface area contributed by atoms with Gasteiger partial charge in [0.05, 0.1) is 17.5 Å². The Kier molecular flexibility index (Phi) is 5.62. The molecule has 4 atom stereocenters. The third-order valence-electron chi connectivity index (χ3n) is 8.78. The smallest absolute Gasteiger partial charge is 0.250 e. The molecule has 0 aliphatic carbocycles. The Morgan fingerprint density at radius 1 is 0.951 bits per heavy atom. The van der Waals surface area contributed by atoms with E-state index in [0.29, 0.717) is 29.8 Å². The molecule has 3 aliphatic heterocycles. The van der Waals surface area contributed by atoms with Crippen molar-refractivity contribution >= 4 is 51.6 Å². The summed E-state index contributed by atoms with van der Waals surface area (Å²) in [5, 5.41) is 10.4. The molecule has 9 nitrogen and oxygen atoms in total. The molecular formula is C32H29N5O4. The quantitative estimate of drug-likeness (QED) is 0.283. The summed E-state index contributed by atoms with van der Waals surface area (Å²) in [6.45, 7) is 3.44. The first-order valence-corrected chi connectivity index (χ1v) is 13.9. The summed E-state index contributed by atoms with van der Waals surface area (Å²) < 4.78 is 0. The topological polar surface area (TPSA) is 123 Å². The second-order valence-electron chi connectivity index (χ2n) is 11.0. The molecule has 4 N–H and O–H groups in total. The molecule has 4 aromatic rings. The molecule has 0 radical (unpaired) electrons. The number of benzene rings is 3. The van der Waals surface area contributed by atoms with Crippen molar-refractivity contribution in [2.24, 2.45) is 11.8 Å². The van der Waals surface area contributed by atoms with Gasteiger partial charge in [-0.15, -0.1) is 0 Å². The number of aromatic amines is 1. The number of carbonyl (C=O) groups is 4. The number of rotatable bonds is 5. The molecule has 9 heteroatoms. The normalized spacial score (nSPS) is 24.7. The number of imide groups is 1. The molecule has 4 amide bonds. The van der Waals surface area contributed by atoms with E-state index >= 15 is 0 Å². The lowest BCUT2D eigenvalue weighted by atomic mass is 9.76. The van der Waals surface area contributed by atoms with Crippen LogP contribution in [0.3, 0.4) is 0 Å². The predicted molar refractivity (Wildman–Crippen MR) is 155 cm³/mol. The van der Waals surface area contributed by atoms with E-state index in [0.717, 1.165) is 27.7 Å². The van der Waals surface area contributed by atoms with Crippen LogP contribution in [0.15, 0.2) is 72.9 Å². The molecule has 0 saturated carbocycles. The van der Waals surface area contributed by atoms with Crippen LogP contribution in [0.5, 0.6) is 0 Å². The zero-order valence-electron chi connectivity index (χ0n) is 22.7. The van der Waals surface area contributed by atoms with Gasteiger partial charge < -0.3 is 15.6 Å². The molecule has 41 heavy (non-hydrogen) atoms. The summed E-state index contributed by atoms with van der Waals surface area (Å²) in [5.41, 5.74) is 4.00. The first-order valence-electron chi connectivity index (χ1n) is 13.9. The van der Waals surface area contributed by atoms with Crippen molar-refractivity contribution in [2.75, 3.05) is 15.5 Å². The predicted octanol–water partition coefficient (Wildman–Crippen LogP) is 3.86.